The van der Waals surface area contributed by atoms with Crippen LogP contribution in [0.25, 0.3) is 5.69 Å². The molecule has 1 aromatic carbocycles. The first-order valence-electron chi connectivity index (χ1n) is 6.07. The van der Waals surface area contributed by atoms with E-state index in [0.717, 1.165) is 5.69 Å². The highest BCUT2D eigenvalue weighted by molar-refractivity contribution is 6.30. The zero-order chi connectivity index (χ0) is 14.7. The van der Waals surface area contributed by atoms with Crippen LogP contribution < -0.4 is 0 Å². The minimum Gasteiger partial charge on any atom is -0.480 e. The van der Waals surface area contributed by atoms with Gasteiger partial charge < -0.3 is 5.11 Å². The topological polar surface area (TPSA) is 71.2 Å². The molecule has 0 bridgehead atoms. The predicted octanol–water partition coefficient (Wildman–Crippen LogP) is 1.83. The summed E-state index contributed by atoms with van der Waals surface area (Å²) in [4.78, 5) is 12.6. The number of carbonyl (C=O) groups is 1. The summed E-state index contributed by atoms with van der Waals surface area (Å²) >= 11 is 5.83. The number of hydrogen-bond acceptors (Lipinski definition) is 4. The largest absolute Gasteiger partial charge is 0.480 e. The van der Waals surface area contributed by atoms with Gasteiger partial charge in [0.25, 0.3) is 0 Å². The second kappa shape index (κ2) is 6.02. The van der Waals surface area contributed by atoms with Crippen molar-refractivity contribution < 1.29 is 9.90 Å². The number of aliphatic carboxylic acids is 1. The second-order valence-electron chi connectivity index (χ2n) is 4.56. The molecule has 0 saturated carbocycles. The molecule has 6 nitrogen and oxygen atoms in total. The lowest BCUT2D eigenvalue weighted by Crippen LogP contribution is -2.35. The van der Waals surface area contributed by atoms with Crippen molar-refractivity contribution in [3.8, 4) is 5.69 Å². The monoisotopic (exact) mass is 294 g/mol. The smallest absolute Gasteiger partial charge is 0.320 e. The Labute approximate surface area is 121 Å². The van der Waals surface area contributed by atoms with Gasteiger partial charge in [0, 0.05) is 11.6 Å². The van der Waals surface area contributed by atoms with Crippen molar-refractivity contribution in [1.82, 2.24) is 19.9 Å². The summed E-state index contributed by atoms with van der Waals surface area (Å²) in [6, 6.07) is 6.65. The van der Waals surface area contributed by atoms with Gasteiger partial charge in [0.05, 0.1) is 17.6 Å². The zero-order valence-corrected chi connectivity index (χ0v) is 11.9. The molecule has 20 heavy (non-hydrogen) atoms. The van der Waals surface area contributed by atoms with Gasteiger partial charge in [-0.15, -0.1) is 5.10 Å². The van der Waals surface area contributed by atoms with Crippen LogP contribution in [-0.2, 0) is 11.3 Å². The summed E-state index contributed by atoms with van der Waals surface area (Å²) in [6.07, 6.45) is 1.77. The lowest BCUT2D eigenvalue weighted by atomic mass is 10.3. The van der Waals surface area contributed by atoms with Gasteiger partial charge in [-0.3, -0.25) is 9.69 Å². The maximum absolute atomic E-state index is 10.9. The molecular formula is C13H15ClN4O2. The van der Waals surface area contributed by atoms with Crippen molar-refractivity contribution in [3.63, 3.8) is 0 Å². The third-order valence-corrected chi connectivity index (χ3v) is 3.31. The molecule has 0 fully saturated rings. The molecule has 0 spiro atoms. The van der Waals surface area contributed by atoms with Gasteiger partial charge in [0.2, 0.25) is 0 Å². The summed E-state index contributed by atoms with van der Waals surface area (Å²) in [7, 11) is 1.74. The number of halogens is 1. The van der Waals surface area contributed by atoms with Gasteiger partial charge in [-0.05, 0) is 38.2 Å². The van der Waals surface area contributed by atoms with Crippen LogP contribution in [0.3, 0.4) is 0 Å². The molecule has 1 aromatic heterocycles. The summed E-state index contributed by atoms with van der Waals surface area (Å²) < 4.78 is 1.63. The molecule has 1 N–H and O–H groups in total. The molecular weight excluding hydrogens is 280 g/mol. The SMILES string of the molecule is CC(C(=O)O)N(C)Cc1cn(-c2ccc(Cl)cc2)nn1. The third-order valence-electron chi connectivity index (χ3n) is 3.06. The highest BCUT2D eigenvalue weighted by atomic mass is 35.5. The van der Waals surface area contributed by atoms with E-state index in [-0.39, 0.29) is 0 Å². The van der Waals surface area contributed by atoms with Crippen LogP contribution in [-0.4, -0.2) is 44.1 Å². The Morgan fingerprint density at radius 2 is 2.10 bits per heavy atom. The van der Waals surface area contributed by atoms with E-state index < -0.39 is 12.0 Å². The standard InChI is InChI=1S/C13H15ClN4O2/c1-9(13(19)20)17(2)7-11-8-18(16-15-11)12-5-3-10(14)4-6-12/h3-6,8-9H,7H2,1-2H3,(H,19,20). The molecule has 1 unspecified atom stereocenters. The number of carboxylic acids is 1. The van der Waals surface area contributed by atoms with Gasteiger partial charge >= 0.3 is 5.97 Å². The summed E-state index contributed by atoms with van der Waals surface area (Å²) in [6.45, 7) is 2.05. The van der Waals surface area contributed by atoms with Crippen molar-refractivity contribution >= 4 is 17.6 Å². The number of likely N-dealkylation sites (N-methyl/N-ethyl adjacent to an activating group) is 1. The molecule has 0 aliphatic heterocycles. The summed E-state index contributed by atoms with van der Waals surface area (Å²) in [5, 5.41) is 17.7. The molecule has 1 heterocycles. The normalized spacial score (nSPS) is 12.6. The maximum atomic E-state index is 10.9. The molecule has 0 radical (unpaired) electrons. The Bertz CT molecular complexity index is 597. The van der Waals surface area contributed by atoms with Gasteiger partial charge in [-0.2, -0.15) is 0 Å². The molecule has 7 heteroatoms. The number of aromatic nitrogens is 3. The molecule has 1 atom stereocenters. The van der Waals surface area contributed by atoms with E-state index >= 15 is 0 Å². The van der Waals surface area contributed by atoms with E-state index in [1.165, 1.54) is 0 Å². The molecule has 2 rings (SSSR count). The predicted molar refractivity (Wildman–Crippen MR) is 74.9 cm³/mol. The molecule has 0 amide bonds. The Morgan fingerprint density at radius 1 is 1.45 bits per heavy atom. The fourth-order valence-corrected chi connectivity index (χ4v) is 1.80. The quantitative estimate of drug-likeness (QED) is 0.911. The maximum Gasteiger partial charge on any atom is 0.320 e. The third kappa shape index (κ3) is 3.34. The minimum atomic E-state index is -0.863. The Hall–Kier alpha value is -1.92. The van der Waals surface area contributed by atoms with Gasteiger partial charge in [-0.25, -0.2) is 4.68 Å². The Kier molecular flexibility index (Phi) is 4.36. The van der Waals surface area contributed by atoms with Crippen LogP contribution in [0, 0.1) is 0 Å². The number of nitrogens with zero attached hydrogens (tertiary/aromatic N) is 4. The van der Waals surface area contributed by atoms with E-state index in [9.17, 15) is 4.79 Å². The summed E-state index contributed by atoms with van der Waals surface area (Å²) in [5.74, 6) is -0.863. The van der Waals surface area contributed by atoms with E-state index in [1.54, 1.807) is 41.9 Å². The second-order valence-corrected chi connectivity index (χ2v) is 5.00. The van der Waals surface area contributed by atoms with E-state index in [4.69, 9.17) is 16.7 Å². The van der Waals surface area contributed by atoms with Gasteiger partial charge in [0.1, 0.15) is 6.04 Å². The number of carboxylic acid groups (broad SMARTS) is 1. The van der Waals surface area contributed by atoms with E-state index in [1.807, 2.05) is 12.1 Å². The van der Waals surface area contributed by atoms with Crippen molar-refractivity contribution in [2.75, 3.05) is 7.05 Å². The fourth-order valence-electron chi connectivity index (χ4n) is 1.67. The first-order chi connectivity index (χ1) is 9.47. The van der Waals surface area contributed by atoms with E-state index in [2.05, 4.69) is 10.3 Å². The van der Waals surface area contributed by atoms with Crippen LogP contribution in [0.15, 0.2) is 30.5 Å². The first-order valence-corrected chi connectivity index (χ1v) is 6.45. The lowest BCUT2D eigenvalue weighted by molar-refractivity contribution is -0.142. The van der Waals surface area contributed by atoms with Gasteiger partial charge in [-0.1, -0.05) is 16.8 Å². The van der Waals surface area contributed by atoms with Crippen molar-refractivity contribution in [2.24, 2.45) is 0 Å². The highest BCUT2D eigenvalue weighted by Gasteiger charge is 2.17. The first kappa shape index (κ1) is 14.5. The van der Waals surface area contributed by atoms with Crippen LogP contribution >= 0.6 is 11.6 Å². The average molecular weight is 295 g/mol. The average Bonchev–Trinajstić information content (AvgIpc) is 2.87. The molecule has 2 aromatic rings. The van der Waals surface area contributed by atoms with Crippen molar-refractivity contribution in [3.05, 3.63) is 41.2 Å². The van der Waals surface area contributed by atoms with Crippen molar-refractivity contribution in [2.45, 2.75) is 19.5 Å². The van der Waals surface area contributed by atoms with Crippen LogP contribution in [0.4, 0.5) is 0 Å². The van der Waals surface area contributed by atoms with Crippen LogP contribution in [0.1, 0.15) is 12.6 Å². The highest BCUT2D eigenvalue weighted by Crippen LogP contribution is 2.13. The van der Waals surface area contributed by atoms with Crippen molar-refractivity contribution in [1.29, 1.82) is 0 Å². The zero-order valence-electron chi connectivity index (χ0n) is 11.2. The molecule has 0 aliphatic rings. The lowest BCUT2D eigenvalue weighted by Gasteiger charge is -2.19. The van der Waals surface area contributed by atoms with Gasteiger partial charge in [0.15, 0.2) is 0 Å². The Morgan fingerprint density at radius 3 is 2.70 bits per heavy atom. The molecule has 0 saturated heterocycles. The van der Waals surface area contributed by atoms with E-state index in [0.29, 0.717) is 17.3 Å². The molecule has 106 valence electrons. The van der Waals surface area contributed by atoms with Crippen LogP contribution in [0.2, 0.25) is 5.02 Å². The molecule has 0 aliphatic carbocycles. The van der Waals surface area contributed by atoms with Crippen LogP contribution in [0.5, 0.6) is 0 Å². The minimum absolute atomic E-state index is 0.418. The number of rotatable bonds is 5. The number of hydrogen-bond donors (Lipinski definition) is 1. The number of benzene rings is 1. The summed E-state index contributed by atoms with van der Waals surface area (Å²) in [5.41, 5.74) is 1.55. The fraction of sp³-hybridized carbons (Fsp3) is 0.308. The Balaban J connectivity index is 2.09.